The van der Waals surface area contributed by atoms with E-state index in [4.69, 9.17) is 5.84 Å². The van der Waals surface area contributed by atoms with Gasteiger partial charge in [0.2, 0.25) is 0 Å². The molecule has 1 unspecified atom stereocenters. The number of hydrogen-bond donors (Lipinski definition) is 2. The molecule has 0 spiro atoms. The second kappa shape index (κ2) is 5.65. The Labute approximate surface area is 113 Å². The molecule has 0 radical (unpaired) electrons. The summed E-state index contributed by atoms with van der Waals surface area (Å²) in [5, 5.41) is 4.35. The highest BCUT2D eigenvalue weighted by Crippen LogP contribution is 2.25. The molecule has 96 valence electrons. The number of rotatable bonds is 4. The van der Waals surface area contributed by atoms with Crippen molar-refractivity contribution in [2.75, 3.05) is 0 Å². The van der Waals surface area contributed by atoms with E-state index in [0.29, 0.717) is 0 Å². The first-order chi connectivity index (χ1) is 8.61. The second-order valence-corrected chi connectivity index (χ2v) is 5.60. The molecule has 3 N–H and O–H groups in total. The first-order valence-electron chi connectivity index (χ1n) is 6.16. The largest absolute Gasteiger partial charge is 0.271 e. The van der Waals surface area contributed by atoms with Crippen molar-refractivity contribution in [3.63, 3.8) is 0 Å². The zero-order chi connectivity index (χ0) is 13.1. The van der Waals surface area contributed by atoms with Gasteiger partial charge in [0.25, 0.3) is 0 Å². The van der Waals surface area contributed by atoms with E-state index < -0.39 is 0 Å². The maximum Gasteiger partial charge on any atom is 0.0511 e. The lowest BCUT2D eigenvalue weighted by Crippen LogP contribution is -2.29. The highest BCUT2D eigenvalue weighted by Gasteiger charge is 2.13. The van der Waals surface area contributed by atoms with Crippen molar-refractivity contribution in [1.29, 1.82) is 0 Å². The molecule has 18 heavy (non-hydrogen) atoms. The molecule has 0 amide bonds. The van der Waals surface area contributed by atoms with Crippen LogP contribution in [-0.2, 0) is 6.42 Å². The summed E-state index contributed by atoms with van der Waals surface area (Å²) >= 11 is 1.73. The molecule has 3 heteroatoms. The van der Waals surface area contributed by atoms with Crippen LogP contribution in [0.2, 0.25) is 0 Å². The molecule has 0 fully saturated rings. The summed E-state index contributed by atoms with van der Waals surface area (Å²) in [6.45, 7) is 6.43. The van der Waals surface area contributed by atoms with Crippen LogP contribution >= 0.6 is 11.3 Å². The summed E-state index contributed by atoms with van der Waals surface area (Å²) in [6, 6.07) is 6.81. The van der Waals surface area contributed by atoms with Crippen LogP contribution in [0.4, 0.5) is 0 Å². The van der Waals surface area contributed by atoms with Crippen molar-refractivity contribution in [2.24, 2.45) is 5.84 Å². The van der Waals surface area contributed by atoms with Gasteiger partial charge < -0.3 is 0 Å². The maximum atomic E-state index is 5.70. The van der Waals surface area contributed by atoms with Crippen LogP contribution in [0, 0.1) is 20.8 Å². The molecule has 2 nitrogen and oxygen atoms in total. The molecule has 1 heterocycles. The average Bonchev–Trinajstić information content (AvgIpc) is 2.77. The molecular formula is C15H20N2S. The normalized spacial score (nSPS) is 12.7. The van der Waals surface area contributed by atoms with E-state index in [-0.39, 0.29) is 6.04 Å². The molecule has 0 bridgehead atoms. The second-order valence-electron chi connectivity index (χ2n) is 4.85. The SMILES string of the molecule is Cc1ccc(CC(NN)c2cscc2C)cc1C. The lowest BCUT2D eigenvalue weighted by Gasteiger charge is -2.17. The molecule has 0 saturated carbocycles. The third-order valence-electron chi connectivity index (χ3n) is 3.48. The van der Waals surface area contributed by atoms with E-state index in [2.05, 4.69) is 55.2 Å². The minimum Gasteiger partial charge on any atom is -0.271 e. The Morgan fingerprint density at radius 2 is 1.89 bits per heavy atom. The van der Waals surface area contributed by atoms with Gasteiger partial charge in [-0.1, -0.05) is 18.2 Å². The van der Waals surface area contributed by atoms with Gasteiger partial charge in [-0.3, -0.25) is 11.3 Å². The van der Waals surface area contributed by atoms with Gasteiger partial charge in [-0.15, -0.1) is 0 Å². The molecule has 0 aliphatic heterocycles. The summed E-state index contributed by atoms with van der Waals surface area (Å²) in [4.78, 5) is 0. The van der Waals surface area contributed by atoms with Crippen molar-refractivity contribution >= 4 is 11.3 Å². The van der Waals surface area contributed by atoms with E-state index in [1.54, 1.807) is 11.3 Å². The standard InChI is InChI=1S/C15H20N2S/c1-10-4-5-13(6-11(10)2)7-15(17-16)14-9-18-8-12(14)3/h4-6,8-9,15,17H,7,16H2,1-3H3. The Morgan fingerprint density at radius 1 is 1.11 bits per heavy atom. The molecule has 0 saturated heterocycles. The summed E-state index contributed by atoms with van der Waals surface area (Å²) in [6.07, 6.45) is 0.926. The zero-order valence-electron chi connectivity index (χ0n) is 11.2. The fourth-order valence-electron chi connectivity index (χ4n) is 2.15. The van der Waals surface area contributed by atoms with Gasteiger partial charge >= 0.3 is 0 Å². The van der Waals surface area contributed by atoms with Gasteiger partial charge in [0, 0.05) is 0 Å². The first kappa shape index (κ1) is 13.3. The molecule has 2 aromatic rings. The lowest BCUT2D eigenvalue weighted by atomic mass is 9.97. The van der Waals surface area contributed by atoms with E-state index in [1.807, 2.05) is 0 Å². The Hall–Kier alpha value is -1.16. The third kappa shape index (κ3) is 2.80. The minimum absolute atomic E-state index is 0.193. The van der Waals surface area contributed by atoms with E-state index in [0.717, 1.165) is 6.42 Å². The highest BCUT2D eigenvalue weighted by molar-refractivity contribution is 7.08. The summed E-state index contributed by atoms with van der Waals surface area (Å²) < 4.78 is 0. The monoisotopic (exact) mass is 260 g/mol. The molecule has 0 aliphatic rings. The summed E-state index contributed by atoms with van der Waals surface area (Å²) in [7, 11) is 0. The first-order valence-corrected chi connectivity index (χ1v) is 7.11. The van der Waals surface area contributed by atoms with E-state index in [9.17, 15) is 0 Å². The number of thiophene rings is 1. The van der Waals surface area contributed by atoms with Crippen molar-refractivity contribution in [3.8, 4) is 0 Å². The quantitative estimate of drug-likeness (QED) is 0.653. The number of hydrogen-bond acceptors (Lipinski definition) is 3. The van der Waals surface area contributed by atoms with Gasteiger partial charge in [-0.05, 0) is 65.8 Å². The Bertz CT molecular complexity index is 531. The van der Waals surface area contributed by atoms with Crippen LogP contribution < -0.4 is 11.3 Å². The smallest absolute Gasteiger partial charge is 0.0511 e. The average molecular weight is 260 g/mol. The summed E-state index contributed by atoms with van der Waals surface area (Å²) in [5.41, 5.74) is 9.55. The number of hydrazine groups is 1. The van der Waals surface area contributed by atoms with Crippen LogP contribution in [0.5, 0.6) is 0 Å². The van der Waals surface area contributed by atoms with Crippen LogP contribution in [-0.4, -0.2) is 0 Å². The molecule has 2 rings (SSSR count). The topological polar surface area (TPSA) is 38.0 Å². The van der Waals surface area contributed by atoms with Crippen molar-refractivity contribution in [3.05, 3.63) is 56.8 Å². The Morgan fingerprint density at radius 3 is 2.44 bits per heavy atom. The number of nitrogens with one attached hydrogen (secondary N) is 1. The molecular weight excluding hydrogens is 240 g/mol. The van der Waals surface area contributed by atoms with Gasteiger partial charge in [0.05, 0.1) is 6.04 Å². The molecule has 1 atom stereocenters. The Balaban J connectivity index is 2.20. The molecule has 0 aliphatic carbocycles. The summed E-state index contributed by atoms with van der Waals surface area (Å²) in [5.74, 6) is 5.70. The lowest BCUT2D eigenvalue weighted by molar-refractivity contribution is 0.551. The van der Waals surface area contributed by atoms with Crippen molar-refractivity contribution in [1.82, 2.24) is 5.43 Å². The van der Waals surface area contributed by atoms with Crippen LogP contribution in [0.3, 0.4) is 0 Å². The zero-order valence-corrected chi connectivity index (χ0v) is 12.0. The van der Waals surface area contributed by atoms with Crippen LogP contribution in [0.15, 0.2) is 29.0 Å². The number of nitrogens with two attached hydrogens (primary N) is 1. The van der Waals surface area contributed by atoms with Crippen LogP contribution in [0.1, 0.15) is 33.9 Å². The number of aryl methyl sites for hydroxylation is 3. The maximum absolute atomic E-state index is 5.70. The number of benzene rings is 1. The molecule has 1 aromatic carbocycles. The van der Waals surface area contributed by atoms with Gasteiger partial charge in [-0.2, -0.15) is 11.3 Å². The van der Waals surface area contributed by atoms with Gasteiger partial charge in [-0.25, -0.2) is 0 Å². The Kier molecular flexibility index (Phi) is 4.17. The van der Waals surface area contributed by atoms with Crippen molar-refractivity contribution < 1.29 is 0 Å². The van der Waals surface area contributed by atoms with Crippen molar-refractivity contribution in [2.45, 2.75) is 33.2 Å². The molecule has 1 aromatic heterocycles. The highest BCUT2D eigenvalue weighted by atomic mass is 32.1. The van der Waals surface area contributed by atoms with E-state index >= 15 is 0 Å². The van der Waals surface area contributed by atoms with Gasteiger partial charge in [0.1, 0.15) is 0 Å². The van der Waals surface area contributed by atoms with Crippen LogP contribution in [0.25, 0.3) is 0 Å². The fraction of sp³-hybridized carbons (Fsp3) is 0.333. The predicted molar refractivity (Wildman–Crippen MR) is 78.7 cm³/mol. The third-order valence-corrected chi connectivity index (χ3v) is 4.36. The van der Waals surface area contributed by atoms with Gasteiger partial charge in [0.15, 0.2) is 0 Å². The predicted octanol–water partition coefficient (Wildman–Crippen LogP) is 3.42. The minimum atomic E-state index is 0.193. The van der Waals surface area contributed by atoms with E-state index in [1.165, 1.54) is 27.8 Å². The fourth-order valence-corrected chi connectivity index (χ4v) is 3.06.